The molecule has 2 aliphatic heterocycles. The van der Waals surface area contributed by atoms with Crippen LogP contribution in [-0.4, -0.2) is 75.8 Å². The first kappa shape index (κ1) is 41.3. The molecule has 7 nitrogen and oxygen atoms in total. The fraction of sp³-hybridized carbons (Fsp3) is 0.810. The van der Waals surface area contributed by atoms with Crippen LogP contribution in [0.4, 0.5) is 0 Å². The summed E-state index contributed by atoms with van der Waals surface area (Å²) in [5.41, 5.74) is 2.22. The van der Waals surface area contributed by atoms with Gasteiger partial charge < -0.3 is 14.6 Å². The summed E-state index contributed by atoms with van der Waals surface area (Å²) in [4.78, 5) is 32.8. The standard InChI is InChI=1S/C42H72N2O5/c1-37(2,3)31-22-28(23-32(34(31)45)38(4,5)6)20-18-17-19-21-48-35(46)33(29-24-39(7,8)43(15)40(9,10)25-29)36(47)49-30-26-41(11,12)44(16)42(13,14)27-30/h22-23,29-30,33,45H,17-21,24-27H2,1-16H3. The highest BCUT2D eigenvalue weighted by Crippen LogP contribution is 2.45. The molecular weight excluding hydrogens is 612 g/mol. The maximum atomic E-state index is 14.1. The lowest BCUT2D eigenvalue weighted by atomic mass is 9.69. The van der Waals surface area contributed by atoms with Crippen LogP contribution in [-0.2, 0) is 36.3 Å². The van der Waals surface area contributed by atoms with E-state index in [1.165, 1.54) is 5.56 Å². The van der Waals surface area contributed by atoms with Gasteiger partial charge in [-0.1, -0.05) is 53.7 Å². The number of nitrogens with zero attached hydrogens (tertiary/aromatic N) is 2. The van der Waals surface area contributed by atoms with E-state index in [2.05, 4.69) is 133 Å². The number of benzene rings is 1. The van der Waals surface area contributed by atoms with Gasteiger partial charge in [0.15, 0.2) is 5.92 Å². The molecule has 7 heteroatoms. The number of piperidine rings is 2. The van der Waals surface area contributed by atoms with Crippen molar-refractivity contribution in [2.24, 2.45) is 11.8 Å². The van der Waals surface area contributed by atoms with Gasteiger partial charge in [0, 0.05) is 35.0 Å². The molecule has 1 aromatic carbocycles. The minimum absolute atomic E-state index is 0.136. The number of aromatic hydroxyl groups is 1. The summed E-state index contributed by atoms with van der Waals surface area (Å²) in [6.45, 7) is 30.7. The average molecular weight is 685 g/mol. The van der Waals surface area contributed by atoms with Crippen molar-refractivity contribution in [2.75, 3.05) is 20.7 Å². The van der Waals surface area contributed by atoms with Crippen molar-refractivity contribution in [2.45, 2.75) is 187 Å². The molecular formula is C42H72N2O5. The van der Waals surface area contributed by atoms with Crippen LogP contribution >= 0.6 is 0 Å². The van der Waals surface area contributed by atoms with E-state index in [1.54, 1.807) is 0 Å². The molecule has 1 aromatic rings. The summed E-state index contributed by atoms with van der Waals surface area (Å²) in [7, 11) is 4.27. The molecule has 280 valence electrons. The SMILES string of the molecule is CN1C(C)(C)CC(OC(=O)C(C(=O)OCCCCCc2cc(C(C)(C)C)c(O)c(C(C)(C)C)c2)C2CC(C)(C)N(C)C(C)(C)C2)CC1(C)C. The normalized spacial score (nSPS) is 22.4. The van der Waals surface area contributed by atoms with Gasteiger partial charge in [-0.2, -0.15) is 0 Å². The van der Waals surface area contributed by atoms with Crippen molar-refractivity contribution < 1.29 is 24.2 Å². The van der Waals surface area contributed by atoms with Gasteiger partial charge in [0.1, 0.15) is 11.9 Å². The molecule has 2 aliphatic rings. The highest BCUT2D eigenvalue weighted by Gasteiger charge is 2.51. The summed E-state index contributed by atoms with van der Waals surface area (Å²) in [5, 5.41) is 11.1. The van der Waals surface area contributed by atoms with Gasteiger partial charge in [-0.15, -0.1) is 0 Å². The first-order valence-electron chi connectivity index (χ1n) is 18.8. The number of rotatable bonds is 10. The van der Waals surface area contributed by atoms with Crippen LogP contribution in [0, 0.1) is 11.8 Å². The highest BCUT2D eigenvalue weighted by atomic mass is 16.6. The number of aryl methyl sites for hydroxylation is 1. The Morgan fingerprint density at radius 3 is 1.59 bits per heavy atom. The monoisotopic (exact) mass is 685 g/mol. The molecule has 2 fully saturated rings. The molecule has 49 heavy (non-hydrogen) atoms. The van der Waals surface area contributed by atoms with Gasteiger partial charge in [-0.05, 0) is 141 Å². The maximum Gasteiger partial charge on any atom is 0.320 e. The van der Waals surface area contributed by atoms with Crippen LogP contribution in [0.15, 0.2) is 12.1 Å². The van der Waals surface area contributed by atoms with E-state index in [-0.39, 0.29) is 51.6 Å². The molecule has 0 spiro atoms. The number of hydrogen-bond donors (Lipinski definition) is 1. The number of carbonyl (C=O) groups is 2. The van der Waals surface area contributed by atoms with Gasteiger partial charge in [-0.3, -0.25) is 19.4 Å². The quantitative estimate of drug-likeness (QED) is 0.150. The Kier molecular flexibility index (Phi) is 12.2. The third-order valence-corrected chi connectivity index (χ3v) is 12.0. The van der Waals surface area contributed by atoms with Crippen molar-refractivity contribution in [1.29, 1.82) is 0 Å². The predicted molar refractivity (Wildman–Crippen MR) is 201 cm³/mol. The van der Waals surface area contributed by atoms with E-state index in [4.69, 9.17) is 9.47 Å². The van der Waals surface area contributed by atoms with Crippen LogP contribution in [0.3, 0.4) is 0 Å². The molecule has 0 aliphatic carbocycles. The van der Waals surface area contributed by atoms with Gasteiger partial charge in [0.05, 0.1) is 6.61 Å². The first-order valence-corrected chi connectivity index (χ1v) is 18.8. The van der Waals surface area contributed by atoms with Crippen molar-refractivity contribution in [3.8, 4) is 5.75 Å². The Hall–Kier alpha value is -2.12. The third kappa shape index (κ3) is 9.81. The second kappa shape index (κ2) is 14.5. The van der Waals surface area contributed by atoms with Crippen LogP contribution < -0.4 is 0 Å². The summed E-state index contributed by atoms with van der Waals surface area (Å²) in [6.07, 6.45) is 6.07. The number of esters is 2. The zero-order valence-corrected chi connectivity index (χ0v) is 34.2. The Morgan fingerprint density at radius 2 is 1.16 bits per heavy atom. The fourth-order valence-corrected chi connectivity index (χ4v) is 8.62. The van der Waals surface area contributed by atoms with E-state index in [9.17, 15) is 14.7 Å². The summed E-state index contributed by atoms with van der Waals surface area (Å²) in [5.74, 6) is -1.58. The number of phenolic OH excluding ortho intramolecular Hbond substituents is 1. The van der Waals surface area contributed by atoms with Crippen LogP contribution in [0.2, 0.25) is 0 Å². The molecule has 1 atom stereocenters. The van der Waals surface area contributed by atoms with Gasteiger partial charge in [-0.25, -0.2) is 0 Å². The summed E-state index contributed by atoms with van der Waals surface area (Å²) < 4.78 is 12.2. The fourth-order valence-electron chi connectivity index (χ4n) is 8.62. The van der Waals surface area contributed by atoms with Crippen molar-refractivity contribution in [1.82, 2.24) is 9.80 Å². The van der Waals surface area contributed by atoms with E-state index >= 15 is 0 Å². The number of hydrogen-bond acceptors (Lipinski definition) is 7. The lowest BCUT2D eigenvalue weighted by Crippen LogP contribution is -2.61. The summed E-state index contributed by atoms with van der Waals surface area (Å²) >= 11 is 0. The van der Waals surface area contributed by atoms with E-state index in [0.717, 1.165) is 49.7 Å². The first-order chi connectivity index (χ1) is 22.1. The van der Waals surface area contributed by atoms with Crippen molar-refractivity contribution in [3.63, 3.8) is 0 Å². The minimum Gasteiger partial charge on any atom is -0.507 e. The maximum absolute atomic E-state index is 14.1. The third-order valence-electron chi connectivity index (χ3n) is 12.0. The largest absolute Gasteiger partial charge is 0.507 e. The Bertz CT molecular complexity index is 1260. The molecule has 0 amide bonds. The molecule has 1 unspecified atom stereocenters. The van der Waals surface area contributed by atoms with E-state index < -0.39 is 17.9 Å². The number of likely N-dealkylation sites (tertiary alicyclic amines) is 2. The second-order valence-corrected chi connectivity index (χ2v) is 20.0. The number of unbranched alkanes of at least 4 members (excludes halogenated alkanes) is 2. The smallest absolute Gasteiger partial charge is 0.320 e. The van der Waals surface area contributed by atoms with E-state index in [1.807, 2.05) is 0 Å². The van der Waals surface area contributed by atoms with Crippen LogP contribution in [0.1, 0.15) is 159 Å². The molecule has 1 N–H and O–H groups in total. The molecule has 0 bridgehead atoms. The highest BCUT2D eigenvalue weighted by molar-refractivity contribution is 5.95. The lowest BCUT2D eigenvalue weighted by molar-refractivity contribution is -0.177. The molecule has 3 rings (SSSR count). The number of ether oxygens (including phenoxy) is 2. The molecule has 0 saturated carbocycles. The predicted octanol–water partition coefficient (Wildman–Crippen LogP) is 8.95. The number of carbonyl (C=O) groups excluding carboxylic acids is 2. The van der Waals surface area contributed by atoms with Crippen molar-refractivity contribution >= 4 is 11.9 Å². The van der Waals surface area contributed by atoms with E-state index in [0.29, 0.717) is 18.6 Å². The molecule has 0 aromatic heterocycles. The molecule has 2 heterocycles. The van der Waals surface area contributed by atoms with Gasteiger partial charge in [0.2, 0.25) is 0 Å². The zero-order chi connectivity index (χ0) is 37.5. The Morgan fingerprint density at radius 1 is 0.735 bits per heavy atom. The Balaban J connectivity index is 1.71. The van der Waals surface area contributed by atoms with Crippen LogP contribution in [0.25, 0.3) is 0 Å². The second-order valence-electron chi connectivity index (χ2n) is 20.0. The zero-order valence-electron chi connectivity index (χ0n) is 34.2. The topological polar surface area (TPSA) is 79.3 Å². The molecule has 2 saturated heterocycles. The van der Waals surface area contributed by atoms with Gasteiger partial charge in [0.25, 0.3) is 0 Å². The minimum atomic E-state index is -0.943. The van der Waals surface area contributed by atoms with Crippen molar-refractivity contribution in [3.05, 3.63) is 28.8 Å². The van der Waals surface area contributed by atoms with Crippen LogP contribution in [0.5, 0.6) is 5.75 Å². The lowest BCUT2D eigenvalue weighted by Gasteiger charge is -2.55. The summed E-state index contributed by atoms with van der Waals surface area (Å²) in [6, 6.07) is 4.30. The number of phenols is 1. The average Bonchev–Trinajstić information content (AvgIpc) is 2.91. The Labute approximate surface area is 299 Å². The van der Waals surface area contributed by atoms with Gasteiger partial charge >= 0.3 is 11.9 Å². The molecule has 0 radical (unpaired) electrons.